The number of hydrogen-bond donors (Lipinski definition) is 1. The van der Waals surface area contributed by atoms with Crippen LogP contribution in [0.1, 0.15) is 70.4 Å². The number of benzene rings is 1. The van der Waals surface area contributed by atoms with Crippen LogP contribution < -0.4 is 5.32 Å². The molecule has 7 rings (SSSR count). The summed E-state index contributed by atoms with van der Waals surface area (Å²) in [6, 6.07) is 4.62. The number of rotatable bonds is 7. The Balaban J connectivity index is 1.05. The molecule has 3 aromatic rings. The van der Waals surface area contributed by atoms with Crippen LogP contribution in [0.5, 0.6) is 0 Å². The SMILES string of the molecule is COC(C)(C)C12CCC1C(n1cc(Nc3ncc4cc(Cl)c(C5CCN(C6(C)COC6)CC5)cc4n3)cn1)C2. The van der Waals surface area contributed by atoms with Crippen LogP contribution in [0.4, 0.5) is 11.6 Å². The average Bonchev–Trinajstić information content (AvgIpc) is 3.36. The molecule has 0 amide bonds. The first-order valence-electron chi connectivity index (χ1n) is 14.4. The van der Waals surface area contributed by atoms with Crippen LogP contribution in [0, 0.1) is 11.3 Å². The number of anilines is 2. The number of nitrogens with one attached hydrogen (secondary N) is 1. The molecule has 3 unspecified atom stereocenters. The van der Waals surface area contributed by atoms with Crippen LogP contribution in [-0.4, -0.2) is 69.2 Å². The number of piperidine rings is 1. The third-order valence-electron chi connectivity index (χ3n) is 10.8. The minimum Gasteiger partial charge on any atom is -0.378 e. The molecule has 4 fully saturated rings. The van der Waals surface area contributed by atoms with E-state index >= 15 is 0 Å². The Hall–Kier alpha value is -2.26. The van der Waals surface area contributed by atoms with Gasteiger partial charge in [-0.05, 0) is 95.5 Å². The summed E-state index contributed by atoms with van der Waals surface area (Å²) in [6.07, 6.45) is 11.6. The number of methoxy groups -OCH3 is 1. The zero-order valence-corrected chi connectivity index (χ0v) is 24.2. The van der Waals surface area contributed by atoms with Gasteiger partial charge in [0.2, 0.25) is 5.95 Å². The third kappa shape index (κ3) is 4.01. The fraction of sp³-hybridized carbons (Fsp3) is 0.633. The first-order valence-corrected chi connectivity index (χ1v) is 14.7. The lowest BCUT2D eigenvalue weighted by atomic mass is 9.40. The Morgan fingerprint density at radius 3 is 2.59 bits per heavy atom. The number of aromatic nitrogens is 4. The van der Waals surface area contributed by atoms with E-state index in [0.29, 0.717) is 23.8 Å². The lowest BCUT2D eigenvalue weighted by Gasteiger charge is -2.68. The molecule has 2 aliphatic heterocycles. The molecule has 1 N–H and O–H groups in total. The van der Waals surface area contributed by atoms with Crippen LogP contribution in [-0.2, 0) is 9.47 Å². The normalized spacial score (nSPS) is 28.8. The number of likely N-dealkylation sites (tertiary alicyclic amines) is 1. The zero-order valence-electron chi connectivity index (χ0n) is 23.4. The summed E-state index contributed by atoms with van der Waals surface area (Å²) in [7, 11) is 1.84. The Kier molecular flexibility index (Phi) is 6.01. The molecule has 8 nitrogen and oxygen atoms in total. The quantitative estimate of drug-likeness (QED) is 0.389. The van der Waals surface area contributed by atoms with Crippen molar-refractivity contribution in [1.29, 1.82) is 0 Å². The van der Waals surface area contributed by atoms with Crippen molar-refractivity contribution in [3.05, 3.63) is 41.3 Å². The zero-order chi connectivity index (χ0) is 27.0. The minimum atomic E-state index is -0.0952. The van der Waals surface area contributed by atoms with E-state index in [1.54, 1.807) is 0 Å². The molecule has 2 saturated carbocycles. The maximum absolute atomic E-state index is 6.77. The van der Waals surface area contributed by atoms with Crippen molar-refractivity contribution in [2.75, 3.05) is 38.7 Å². The Labute approximate surface area is 235 Å². The van der Waals surface area contributed by atoms with Gasteiger partial charge in [0.05, 0.1) is 47.8 Å². The molecular formula is C30H39ClN6O2. The van der Waals surface area contributed by atoms with Crippen molar-refractivity contribution in [2.24, 2.45) is 11.3 Å². The third-order valence-corrected chi connectivity index (χ3v) is 11.1. The van der Waals surface area contributed by atoms with Gasteiger partial charge < -0.3 is 14.8 Å². The van der Waals surface area contributed by atoms with Gasteiger partial charge in [0, 0.05) is 35.3 Å². The molecule has 0 bridgehead atoms. The molecule has 3 atom stereocenters. The summed E-state index contributed by atoms with van der Waals surface area (Å²) in [5.74, 6) is 1.64. The van der Waals surface area contributed by atoms with Gasteiger partial charge in [0.25, 0.3) is 0 Å². The lowest BCUT2D eigenvalue weighted by Crippen LogP contribution is -2.66. The Morgan fingerprint density at radius 1 is 1.15 bits per heavy atom. The van der Waals surface area contributed by atoms with Gasteiger partial charge in [-0.1, -0.05) is 11.6 Å². The van der Waals surface area contributed by atoms with E-state index in [9.17, 15) is 0 Å². The van der Waals surface area contributed by atoms with E-state index in [0.717, 1.165) is 67.2 Å². The molecule has 1 aromatic carbocycles. The van der Waals surface area contributed by atoms with Crippen molar-refractivity contribution >= 4 is 34.1 Å². The van der Waals surface area contributed by atoms with Gasteiger partial charge in [-0.3, -0.25) is 9.58 Å². The maximum Gasteiger partial charge on any atom is 0.227 e. The first-order chi connectivity index (χ1) is 18.7. The molecule has 4 heterocycles. The molecule has 4 aliphatic rings. The molecular weight excluding hydrogens is 512 g/mol. The Morgan fingerprint density at radius 2 is 1.95 bits per heavy atom. The highest BCUT2D eigenvalue weighted by atomic mass is 35.5. The van der Waals surface area contributed by atoms with E-state index in [1.807, 2.05) is 25.6 Å². The van der Waals surface area contributed by atoms with Gasteiger partial charge >= 0.3 is 0 Å². The standard InChI is InChI=1S/C30H39ClN6O2/c1-28(2,38-4)30-8-5-23(30)26(13-30)37-16-21(15-33-37)34-27-32-14-20-11-24(31)22(12-25(20)35-27)19-6-9-36(10-7-19)29(3)17-39-18-29/h11-12,14-16,19,23,26H,5-10,13,17-18H2,1-4H3,(H,32,34,35). The second kappa shape index (κ2) is 9.13. The van der Waals surface area contributed by atoms with Gasteiger partial charge in [-0.2, -0.15) is 5.10 Å². The summed E-state index contributed by atoms with van der Waals surface area (Å²) >= 11 is 6.77. The number of nitrogens with zero attached hydrogens (tertiary/aromatic N) is 5. The maximum atomic E-state index is 6.77. The second-order valence-corrected chi connectivity index (χ2v) is 13.4. The molecule has 208 valence electrons. The topological polar surface area (TPSA) is 77.3 Å². The number of halogens is 1. The van der Waals surface area contributed by atoms with Crippen LogP contribution in [0.3, 0.4) is 0 Å². The number of ether oxygens (including phenoxy) is 2. The predicted molar refractivity (Wildman–Crippen MR) is 153 cm³/mol. The first kappa shape index (κ1) is 25.7. The monoisotopic (exact) mass is 550 g/mol. The summed E-state index contributed by atoms with van der Waals surface area (Å²) < 4.78 is 13.5. The minimum absolute atomic E-state index is 0.0952. The van der Waals surface area contributed by atoms with Crippen molar-refractivity contribution in [3.63, 3.8) is 0 Å². The molecule has 2 aliphatic carbocycles. The second-order valence-electron chi connectivity index (χ2n) is 13.0. The summed E-state index contributed by atoms with van der Waals surface area (Å²) in [6.45, 7) is 10.6. The van der Waals surface area contributed by atoms with E-state index in [4.69, 9.17) is 31.2 Å². The largest absolute Gasteiger partial charge is 0.378 e. The van der Waals surface area contributed by atoms with Crippen LogP contribution in [0.25, 0.3) is 10.9 Å². The fourth-order valence-electron chi connectivity index (χ4n) is 7.77. The predicted octanol–water partition coefficient (Wildman–Crippen LogP) is 5.96. The Bertz CT molecular complexity index is 1400. The van der Waals surface area contributed by atoms with Crippen LogP contribution in [0.2, 0.25) is 5.02 Å². The lowest BCUT2D eigenvalue weighted by molar-refractivity contribution is -0.244. The van der Waals surface area contributed by atoms with Crippen LogP contribution >= 0.6 is 11.6 Å². The van der Waals surface area contributed by atoms with Crippen molar-refractivity contribution in [1.82, 2.24) is 24.6 Å². The van der Waals surface area contributed by atoms with Gasteiger partial charge in [0.1, 0.15) is 0 Å². The molecule has 0 spiro atoms. The average molecular weight is 551 g/mol. The van der Waals surface area contributed by atoms with Crippen molar-refractivity contribution < 1.29 is 9.47 Å². The fourth-order valence-corrected chi connectivity index (χ4v) is 8.09. The smallest absolute Gasteiger partial charge is 0.227 e. The molecule has 2 aromatic heterocycles. The summed E-state index contributed by atoms with van der Waals surface area (Å²) in [5, 5.41) is 9.86. The van der Waals surface area contributed by atoms with Crippen LogP contribution in [0.15, 0.2) is 30.7 Å². The molecule has 0 radical (unpaired) electrons. The van der Waals surface area contributed by atoms with Gasteiger partial charge in [-0.25, -0.2) is 9.97 Å². The summed E-state index contributed by atoms with van der Waals surface area (Å²) in [4.78, 5) is 12.0. The highest BCUT2D eigenvalue weighted by Gasteiger charge is 2.67. The van der Waals surface area contributed by atoms with E-state index < -0.39 is 0 Å². The molecule has 9 heteroatoms. The summed E-state index contributed by atoms with van der Waals surface area (Å²) in [5.41, 5.74) is 3.42. The van der Waals surface area contributed by atoms with Crippen molar-refractivity contribution in [2.45, 2.75) is 76.0 Å². The number of fused-ring (bicyclic) bond motifs is 2. The highest BCUT2D eigenvalue weighted by molar-refractivity contribution is 6.32. The van der Waals surface area contributed by atoms with E-state index in [2.05, 4.69) is 52.9 Å². The molecule has 2 saturated heterocycles. The van der Waals surface area contributed by atoms with E-state index in [1.165, 1.54) is 18.4 Å². The van der Waals surface area contributed by atoms with Gasteiger partial charge in [-0.15, -0.1) is 0 Å². The van der Waals surface area contributed by atoms with Crippen molar-refractivity contribution in [3.8, 4) is 0 Å². The molecule has 39 heavy (non-hydrogen) atoms. The number of hydrogen-bond acceptors (Lipinski definition) is 7. The highest BCUT2D eigenvalue weighted by Crippen LogP contribution is 2.71. The van der Waals surface area contributed by atoms with E-state index in [-0.39, 0.29) is 16.6 Å². The van der Waals surface area contributed by atoms with Gasteiger partial charge in [0.15, 0.2) is 0 Å².